The number of benzene rings is 2. The highest BCUT2D eigenvalue weighted by Gasteiger charge is 2.08. The standard InChI is InChI=1S/C19H22ClN3O3/c1-12(2)19(25)23-14-6-4-5-13(9-14)21-11-18(24)22-15-7-8-17(26-3)16(20)10-15/h4-10,12,21H,11H2,1-3H3,(H,22,24)(H,23,25). The fraction of sp³-hybridized carbons (Fsp3) is 0.263. The Hall–Kier alpha value is -2.73. The Bertz CT molecular complexity index is 793. The van der Waals surface area contributed by atoms with Gasteiger partial charge in [0, 0.05) is 23.0 Å². The molecular formula is C19H22ClN3O3. The highest BCUT2D eigenvalue weighted by Crippen LogP contribution is 2.27. The van der Waals surface area contributed by atoms with Gasteiger partial charge < -0.3 is 20.7 Å². The number of nitrogens with one attached hydrogen (secondary N) is 3. The molecule has 2 aromatic rings. The van der Waals surface area contributed by atoms with E-state index in [9.17, 15) is 9.59 Å². The Morgan fingerprint density at radius 2 is 1.73 bits per heavy atom. The zero-order valence-corrected chi connectivity index (χ0v) is 15.7. The van der Waals surface area contributed by atoms with E-state index in [0.29, 0.717) is 22.1 Å². The lowest BCUT2D eigenvalue weighted by atomic mass is 10.2. The van der Waals surface area contributed by atoms with Crippen LogP contribution in [0.3, 0.4) is 0 Å². The number of hydrogen-bond acceptors (Lipinski definition) is 4. The van der Waals surface area contributed by atoms with Gasteiger partial charge in [0.15, 0.2) is 0 Å². The fourth-order valence-corrected chi connectivity index (χ4v) is 2.38. The molecule has 6 nitrogen and oxygen atoms in total. The number of rotatable bonds is 7. The fourth-order valence-electron chi connectivity index (χ4n) is 2.13. The third-order valence-corrected chi connectivity index (χ3v) is 3.84. The van der Waals surface area contributed by atoms with Crippen molar-refractivity contribution in [2.45, 2.75) is 13.8 Å². The number of carbonyl (C=O) groups excluding carboxylic acids is 2. The van der Waals surface area contributed by atoms with Crippen molar-refractivity contribution >= 4 is 40.5 Å². The van der Waals surface area contributed by atoms with Crippen LogP contribution in [-0.2, 0) is 9.59 Å². The molecule has 7 heteroatoms. The minimum Gasteiger partial charge on any atom is -0.495 e. The molecule has 0 heterocycles. The molecule has 0 saturated carbocycles. The predicted molar refractivity (Wildman–Crippen MR) is 105 cm³/mol. The van der Waals surface area contributed by atoms with Gasteiger partial charge in [0.1, 0.15) is 5.75 Å². The third-order valence-electron chi connectivity index (χ3n) is 3.54. The van der Waals surface area contributed by atoms with Crippen molar-refractivity contribution in [2.24, 2.45) is 5.92 Å². The van der Waals surface area contributed by atoms with Gasteiger partial charge in [-0.1, -0.05) is 31.5 Å². The summed E-state index contributed by atoms with van der Waals surface area (Å²) in [6.45, 7) is 3.73. The first-order valence-electron chi connectivity index (χ1n) is 8.17. The lowest BCUT2D eigenvalue weighted by Crippen LogP contribution is -2.22. The van der Waals surface area contributed by atoms with Crippen LogP contribution in [0.25, 0.3) is 0 Å². The van der Waals surface area contributed by atoms with Gasteiger partial charge in [0.2, 0.25) is 11.8 Å². The zero-order valence-electron chi connectivity index (χ0n) is 14.9. The average Bonchev–Trinajstić information content (AvgIpc) is 2.60. The predicted octanol–water partition coefficient (Wildman–Crippen LogP) is 3.99. The lowest BCUT2D eigenvalue weighted by Gasteiger charge is -2.11. The number of methoxy groups -OCH3 is 1. The van der Waals surface area contributed by atoms with Crippen LogP contribution in [0.15, 0.2) is 42.5 Å². The second-order valence-electron chi connectivity index (χ2n) is 5.98. The van der Waals surface area contributed by atoms with E-state index < -0.39 is 0 Å². The van der Waals surface area contributed by atoms with E-state index in [4.69, 9.17) is 16.3 Å². The molecule has 3 N–H and O–H groups in total. The van der Waals surface area contributed by atoms with Crippen molar-refractivity contribution in [3.8, 4) is 5.75 Å². The first-order valence-corrected chi connectivity index (χ1v) is 8.55. The van der Waals surface area contributed by atoms with Crippen molar-refractivity contribution in [1.82, 2.24) is 0 Å². The van der Waals surface area contributed by atoms with E-state index in [2.05, 4.69) is 16.0 Å². The van der Waals surface area contributed by atoms with Gasteiger partial charge in [-0.3, -0.25) is 9.59 Å². The largest absolute Gasteiger partial charge is 0.495 e. The summed E-state index contributed by atoms with van der Waals surface area (Å²) in [5.41, 5.74) is 1.99. The summed E-state index contributed by atoms with van der Waals surface area (Å²) >= 11 is 6.04. The molecule has 0 saturated heterocycles. The Morgan fingerprint density at radius 1 is 1.04 bits per heavy atom. The first kappa shape index (κ1) is 19.6. The maximum Gasteiger partial charge on any atom is 0.243 e. The second kappa shape index (κ2) is 9.10. The zero-order chi connectivity index (χ0) is 19.1. The van der Waals surface area contributed by atoms with Gasteiger partial charge in [0.25, 0.3) is 0 Å². The molecule has 0 unspecified atom stereocenters. The molecular weight excluding hydrogens is 354 g/mol. The van der Waals surface area contributed by atoms with Crippen LogP contribution in [-0.4, -0.2) is 25.5 Å². The van der Waals surface area contributed by atoms with Crippen LogP contribution in [0.2, 0.25) is 5.02 Å². The van der Waals surface area contributed by atoms with Gasteiger partial charge in [0.05, 0.1) is 18.7 Å². The molecule has 0 radical (unpaired) electrons. The normalized spacial score (nSPS) is 10.3. The molecule has 2 rings (SSSR count). The Labute approximate surface area is 157 Å². The lowest BCUT2D eigenvalue weighted by molar-refractivity contribution is -0.119. The molecule has 2 amide bonds. The van der Waals surface area contributed by atoms with Gasteiger partial charge >= 0.3 is 0 Å². The Kier molecular flexibility index (Phi) is 6.86. The SMILES string of the molecule is COc1ccc(NC(=O)CNc2cccc(NC(=O)C(C)C)c2)cc1Cl. The van der Waals surface area contributed by atoms with Gasteiger partial charge in [-0.15, -0.1) is 0 Å². The van der Waals surface area contributed by atoms with E-state index in [0.717, 1.165) is 5.69 Å². The quantitative estimate of drug-likeness (QED) is 0.683. The highest BCUT2D eigenvalue weighted by atomic mass is 35.5. The van der Waals surface area contributed by atoms with Crippen molar-refractivity contribution in [1.29, 1.82) is 0 Å². The van der Waals surface area contributed by atoms with Crippen LogP contribution in [0, 0.1) is 5.92 Å². The summed E-state index contributed by atoms with van der Waals surface area (Å²) in [6, 6.07) is 12.2. The molecule has 0 aliphatic carbocycles. The van der Waals surface area contributed by atoms with Gasteiger partial charge in [-0.2, -0.15) is 0 Å². The van der Waals surface area contributed by atoms with Crippen LogP contribution >= 0.6 is 11.6 Å². The Morgan fingerprint density at radius 3 is 2.38 bits per heavy atom. The summed E-state index contributed by atoms with van der Waals surface area (Å²) in [6.07, 6.45) is 0. The van der Waals surface area contributed by atoms with Crippen molar-refractivity contribution in [3.05, 3.63) is 47.5 Å². The summed E-state index contributed by atoms with van der Waals surface area (Å²) in [5.74, 6) is 0.163. The maximum atomic E-state index is 12.1. The number of halogens is 1. The summed E-state index contributed by atoms with van der Waals surface area (Å²) < 4.78 is 5.08. The smallest absolute Gasteiger partial charge is 0.243 e. The van der Waals surface area contributed by atoms with Gasteiger partial charge in [-0.25, -0.2) is 0 Å². The maximum absolute atomic E-state index is 12.1. The molecule has 2 aromatic carbocycles. The number of ether oxygens (including phenoxy) is 1. The summed E-state index contributed by atoms with van der Waals surface area (Å²) in [5, 5.41) is 9.02. The molecule has 0 fully saturated rings. The number of carbonyl (C=O) groups is 2. The van der Waals surface area contributed by atoms with Gasteiger partial charge in [-0.05, 0) is 36.4 Å². The topological polar surface area (TPSA) is 79.5 Å². The third kappa shape index (κ3) is 5.67. The van der Waals surface area contributed by atoms with E-state index in [1.165, 1.54) is 7.11 Å². The molecule has 0 aromatic heterocycles. The van der Waals surface area contributed by atoms with E-state index >= 15 is 0 Å². The minimum atomic E-state index is -0.220. The second-order valence-corrected chi connectivity index (χ2v) is 6.38. The van der Waals surface area contributed by atoms with Crippen molar-refractivity contribution < 1.29 is 14.3 Å². The van der Waals surface area contributed by atoms with Crippen molar-refractivity contribution in [3.63, 3.8) is 0 Å². The molecule has 0 atom stereocenters. The minimum absolute atomic E-state index is 0.0590. The summed E-state index contributed by atoms with van der Waals surface area (Å²) in [4.78, 5) is 23.8. The molecule has 0 bridgehead atoms. The van der Waals surface area contributed by atoms with Crippen LogP contribution < -0.4 is 20.7 Å². The van der Waals surface area contributed by atoms with Crippen LogP contribution in [0.1, 0.15) is 13.8 Å². The molecule has 138 valence electrons. The number of hydrogen-bond donors (Lipinski definition) is 3. The first-order chi connectivity index (χ1) is 12.4. The summed E-state index contributed by atoms with van der Waals surface area (Å²) in [7, 11) is 1.53. The number of anilines is 3. The molecule has 0 aliphatic heterocycles. The van der Waals surface area contributed by atoms with E-state index in [1.807, 2.05) is 19.9 Å². The highest BCUT2D eigenvalue weighted by molar-refractivity contribution is 6.32. The van der Waals surface area contributed by atoms with Crippen LogP contribution in [0.5, 0.6) is 5.75 Å². The Balaban J connectivity index is 1.91. The molecule has 0 aliphatic rings. The molecule has 0 spiro atoms. The molecule has 26 heavy (non-hydrogen) atoms. The average molecular weight is 376 g/mol. The van der Waals surface area contributed by atoms with Crippen molar-refractivity contribution in [2.75, 3.05) is 29.6 Å². The van der Waals surface area contributed by atoms with Crippen LogP contribution in [0.4, 0.5) is 17.1 Å². The van der Waals surface area contributed by atoms with E-state index in [1.54, 1.807) is 36.4 Å². The monoisotopic (exact) mass is 375 g/mol. The number of amides is 2. The van der Waals surface area contributed by atoms with E-state index in [-0.39, 0.29) is 24.3 Å².